The van der Waals surface area contributed by atoms with Gasteiger partial charge in [-0.15, -0.1) is 0 Å². The van der Waals surface area contributed by atoms with Gasteiger partial charge in [0.25, 0.3) is 0 Å². The van der Waals surface area contributed by atoms with Crippen LogP contribution < -0.4 is 10.1 Å². The number of carbonyl (C=O) groups excluding carboxylic acids is 2. The van der Waals surface area contributed by atoms with Crippen LogP contribution in [-0.2, 0) is 4.79 Å². The van der Waals surface area contributed by atoms with Crippen LogP contribution in [0.1, 0.15) is 22.8 Å². The monoisotopic (exact) mass is 207 g/mol. The molecule has 0 aromatic heterocycles. The molecule has 0 radical (unpaired) electrons. The third-order valence-corrected chi connectivity index (χ3v) is 1.98. The second-order valence-electron chi connectivity index (χ2n) is 3.21. The van der Waals surface area contributed by atoms with Crippen LogP contribution in [0.4, 0.5) is 5.69 Å². The van der Waals surface area contributed by atoms with E-state index < -0.39 is 0 Å². The van der Waals surface area contributed by atoms with E-state index in [-0.39, 0.29) is 5.91 Å². The Kier molecular flexibility index (Phi) is 3.44. The van der Waals surface area contributed by atoms with Gasteiger partial charge in [-0.1, -0.05) is 0 Å². The van der Waals surface area contributed by atoms with E-state index in [1.54, 1.807) is 19.1 Å². The van der Waals surface area contributed by atoms with E-state index in [1.165, 1.54) is 14.0 Å². The molecule has 0 saturated heterocycles. The minimum Gasteiger partial charge on any atom is -0.495 e. The molecule has 1 aromatic carbocycles. The minimum absolute atomic E-state index is 0.171. The molecule has 1 aromatic rings. The summed E-state index contributed by atoms with van der Waals surface area (Å²) in [7, 11) is 1.49. The Bertz CT molecular complexity index is 399. The summed E-state index contributed by atoms with van der Waals surface area (Å²) in [5, 5.41) is 2.66. The highest BCUT2D eigenvalue weighted by molar-refractivity contribution is 5.92. The highest BCUT2D eigenvalue weighted by Crippen LogP contribution is 2.29. The molecule has 0 atom stereocenters. The lowest BCUT2D eigenvalue weighted by atomic mass is 10.1. The predicted molar refractivity (Wildman–Crippen MR) is 57.4 cm³/mol. The quantitative estimate of drug-likeness (QED) is 0.768. The molecule has 4 nitrogen and oxygen atoms in total. The summed E-state index contributed by atoms with van der Waals surface area (Å²) in [6.45, 7) is 3.23. The zero-order valence-electron chi connectivity index (χ0n) is 8.96. The number of ether oxygens (including phenoxy) is 1. The summed E-state index contributed by atoms with van der Waals surface area (Å²) in [6, 6.07) is 3.28. The van der Waals surface area contributed by atoms with Crippen LogP contribution in [0, 0.1) is 6.92 Å². The Balaban J connectivity index is 3.23. The molecular weight excluding hydrogens is 194 g/mol. The van der Waals surface area contributed by atoms with Crippen molar-refractivity contribution < 1.29 is 14.3 Å². The standard InChI is InChI=1S/C11H13NO3/c1-7-4-9(6-13)5-10(15-3)11(7)12-8(2)14/h4-6H,1-3H3,(H,12,14). The molecule has 0 fully saturated rings. The molecule has 0 aliphatic carbocycles. The van der Waals surface area contributed by atoms with E-state index in [1.807, 2.05) is 0 Å². The van der Waals surface area contributed by atoms with E-state index >= 15 is 0 Å². The minimum atomic E-state index is -0.171. The number of aryl methyl sites for hydroxylation is 1. The Morgan fingerprint density at radius 3 is 2.60 bits per heavy atom. The summed E-state index contributed by atoms with van der Waals surface area (Å²) in [5.74, 6) is 0.322. The van der Waals surface area contributed by atoms with Gasteiger partial charge in [0.1, 0.15) is 12.0 Å². The third kappa shape index (κ3) is 2.56. The molecule has 0 unspecified atom stereocenters. The van der Waals surface area contributed by atoms with Crippen molar-refractivity contribution >= 4 is 17.9 Å². The Labute approximate surface area is 88.2 Å². The lowest BCUT2D eigenvalue weighted by Crippen LogP contribution is -2.09. The van der Waals surface area contributed by atoms with Crippen molar-refractivity contribution in [2.24, 2.45) is 0 Å². The number of carbonyl (C=O) groups is 2. The third-order valence-electron chi connectivity index (χ3n) is 1.98. The maximum absolute atomic E-state index is 11.0. The topological polar surface area (TPSA) is 55.4 Å². The smallest absolute Gasteiger partial charge is 0.221 e. The van der Waals surface area contributed by atoms with E-state index in [9.17, 15) is 9.59 Å². The van der Waals surface area contributed by atoms with Crippen molar-refractivity contribution in [2.75, 3.05) is 12.4 Å². The van der Waals surface area contributed by atoms with Crippen LogP contribution in [0.3, 0.4) is 0 Å². The molecule has 0 aliphatic rings. The van der Waals surface area contributed by atoms with Gasteiger partial charge in [0, 0.05) is 12.5 Å². The zero-order valence-corrected chi connectivity index (χ0v) is 8.96. The van der Waals surface area contributed by atoms with Gasteiger partial charge in [-0.2, -0.15) is 0 Å². The van der Waals surface area contributed by atoms with Crippen molar-refractivity contribution in [3.05, 3.63) is 23.3 Å². The van der Waals surface area contributed by atoms with Gasteiger partial charge in [0.15, 0.2) is 0 Å². The van der Waals surface area contributed by atoms with E-state index in [0.717, 1.165) is 11.8 Å². The summed E-state index contributed by atoms with van der Waals surface area (Å²) < 4.78 is 5.10. The van der Waals surface area contributed by atoms with Crippen LogP contribution in [0.15, 0.2) is 12.1 Å². The molecule has 1 rings (SSSR count). The average Bonchev–Trinajstić information content (AvgIpc) is 2.20. The van der Waals surface area contributed by atoms with Crippen LogP contribution >= 0.6 is 0 Å². The number of benzene rings is 1. The number of aldehydes is 1. The molecule has 0 heterocycles. The second kappa shape index (κ2) is 4.59. The molecule has 0 saturated carbocycles. The number of hydrogen-bond acceptors (Lipinski definition) is 3. The fourth-order valence-electron chi connectivity index (χ4n) is 1.35. The van der Waals surface area contributed by atoms with Crippen LogP contribution in [-0.4, -0.2) is 19.3 Å². The molecule has 0 spiro atoms. The van der Waals surface area contributed by atoms with E-state index in [0.29, 0.717) is 17.0 Å². The summed E-state index contributed by atoms with van der Waals surface area (Å²) in [4.78, 5) is 21.6. The first-order chi connectivity index (χ1) is 7.08. The van der Waals surface area contributed by atoms with Gasteiger partial charge in [-0.05, 0) is 24.6 Å². The van der Waals surface area contributed by atoms with Crippen LogP contribution in [0.25, 0.3) is 0 Å². The average molecular weight is 207 g/mol. The largest absolute Gasteiger partial charge is 0.495 e. The van der Waals surface area contributed by atoms with Crippen molar-refractivity contribution in [1.82, 2.24) is 0 Å². The highest BCUT2D eigenvalue weighted by atomic mass is 16.5. The lowest BCUT2D eigenvalue weighted by Gasteiger charge is -2.12. The number of amides is 1. The van der Waals surface area contributed by atoms with Gasteiger partial charge < -0.3 is 10.1 Å². The molecule has 4 heteroatoms. The first-order valence-corrected chi connectivity index (χ1v) is 4.50. The molecule has 15 heavy (non-hydrogen) atoms. The Hall–Kier alpha value is -1.84. The van der Waals surface area contributed by atoms with Gasteiger partial charge in [0.2, 0.25) is 5.91 Å². The SMILES string of the molecule is COc1cc(C=O)cc(C)c1NC(C)=O. The number of nitrogens with one attached hydrogen (secondary N) is 1. The van der Waals surface area contributed by atoms with Crippen molar-refractivity contribution in [3.8, 4) is 5.75 Å². The highest BCUT2D eigenvalue weighted by Gasteiger charge is 2.09. The zero-order chi connectivity index (χ0) is 11.4. The van der Waals surface area contributed by atoms with Crippen molar-refractivity contribution in [2.45, 2.75) is 13.8 Å². The Morgan fingerprint density at radius 2 is 2.13 bits per heavy atom. The maximum atomic E-state index is 11.0. The van der Waals surface area contributed by atoms with Crippen LogP contribution in [0.2, 0.25) is 0 Å². The Morgan fingerprint density at radius 1 is 1.47 bits per heavy atom. The molecular formula is C11H13NO3. The summed E-state index contributed by atoms with van der Waals surface area (Å²) >= 11 is 0. The normalized spacial score (nSPS) is 9.53. The first kappa shape index (κ1) is 11.2. The summed E-state index contributed by atoms with van der Waals surface area (Å²) in [5.41, 5.74) is 1.93. The number of methoxy groups -OCH3 is 1. The number of hydrogen-bond donors (Lipinski definition) is 1. The molecule has 80 valence electrons. The van der Waals surface area contributed by atoms with Crippen molar-refractivity contribution in [3.63, 3.8) is 0 Å². The van der Waals surface area contributed by atoms with Crippen LogP contribution in [0.5, 0.6) is 5.75 Å². The summed E-state index contributed by atoms with van der Waals surface area (Å²) in [6.07, 6.45) is 0.743. The van der Waals surface area contributed by atoms with Gasteiger partial charge in [-0.25, -0.2) is 0 Å². The first-order valence-electron chi connectivity index (χ1n) is 4.50. The molecule has 1 N–H and O–H groups in total. The number of rotatable bonds is 3. The molecule has 0 aliphatic heterocycles. The van der Waals surface area contributed by atoms with E-state index in [4.69, 9.17) is 4.74 Å². The maximum Gasteiger partial charge on any atom is 0.221 e. The fourth-order valence-corrected chi connectivity index (χ4v) is 1.35. The van der Waals surface area contributed by atoms with Crippen molar-refractivity contribution in [1.29, 1.82) is 0 Å². The van der Waals surface area contributed by atoms with E-state index in [2.05, 4.69) is 5.32 Å². The van der Waals surface area contributed by atoms with Gasteiger partial charge in [-0.3, -0.25) is 9.59 Å². The van der Waals surface area contributed by atoms with Gasteiger partial charge >= 0.3 is 0 Å². The fraction of sp³-hybridized carbons (Fsp3) is 0.273. The number of anilines is 1. The van der Waals surface area contributed by atoms with Gasteiger partial charge in [0.05, 0.1) is 12.8 Å². The molecule has 1 amide bonds. The second-order valence-corrected chi connectivity index (χ2v) is 3.21. The molecule has 0 bridgehead atoms. The lowest BCUT2D eigenvalue weighted by molar-refractivity contribution is -0.114. The predicted octanol–water partition coefficient (Wildman–Crippen LogP) is 1.77.